The molecule has 0 saturated heterocycles. The van der Waals surface area contributed by atoms with Crippen molar-refractivity contribution in [3.05, 3.63) is 59.2 Å². The number of unbranched alkanes of at least 4 members (excludes halogenated alkanes) is 1. The van der Waals surface area contributed by atoms with Crippen LogP contribution < -0.4 is 0 Å². The zero-order valence-corrected chi connectivity index (χ0v) is 14.1. The van der Waals surface area contributed by atoms with Crippen molar-refractivity contribution in [2.24, 2.45) is 4.99 Å². The van der Waals surface area contributed by atoms with Crippen molar-refractivity contribution in [1.82, 2.24) is 9.38 Å². The first-order valence-electron chi connectivity index (χ1n) is 7.44. The van der Waals surface area contributed by atoms with Gasteiger partial charge in [0.1, 0.15) is 5.65 Å². The SMILES string of the molecule is CCC/C=C/N=C(/C=C(\C)Cl)c1cnc2cc(C(F)(F)F)ccn12. The summed E-state index contributed by atoms with van der Waals surface area (Å²) < 4.78 is 39.9. The number of hydrogen-bond acceptors (Lipinski definition) is 2. The van der Waals surface area contributed by atoms with Gasteiger partial charge in [0.05, 0.1) is 23.2 Å². The van der Waals surface area contributed by atoms with Gasteiger partial charge in [-0.05, 0) is 31.6 Å². The van der Waals surface area contributed by atoms with Gasteiger partial charge in [0, 0.05) is 17.4 Å². The lowest BCUT2D eigenvalue weighted by atomic mass is 10.2. The number of imidazole rings is 1. The molecule has 2 rings (SSSR count). The number of fused-ring (bicyclic) bond motifs is 1. The van der Waals surface area contributed by atoms with E-state index in [1.54, 1.807) is 23.6 Å². The third kappa shape index (κ3) is 4.47. The van der Waals surface area contributed by atoms with Crippen molar-refractivity contribution >= 4 is 23.0 Å². The molecular formula is C17H17ClF3N3. The highest BCUT2D eigenvalue weighted by atomic mass is 35.5. The van der Waals surface area contributed by atoms with Gasteiger partial charge in [0.25, 0.3) is 0 Å². The Labute approximate surface area is 143 Å². The summed E-state index contributed by atoms with van der Waals surface area (Å²) in [6.07, 6.45) is 5.55. The van der Waals surface area contributed by atoms with Gasteiger partial charge in [-0.1, -0.05) is 31.0 Å². The first-order chi connectivity index (χ1) is 11.3. The van der Waals surface area contributed by atoms with Gasteiger partial charge in [0.15, 0.2) is 0 Å². The van der Waals surface area contributed by atoms with Crippen LogP contribution in [0.1, 0.15) is 37.9 Å². The summed E-state index contributed by atoms with van der Waals surface area (Å²) in [6.45, 7) is 3.76. The lowest BCUT2D eigenvalue weighted by Gasteiger charge is -2.07. The van der Waals surface area contributed by atoms with Crippen LogP contribution in [-0.4, -0.2) is 15.1 Å². The zero-order chi connectivity index (χ0) is 17.7. The molecule has 2 aromatic rings. The number of pyridine rings is 1. The van der Waals surface area contributed by atoms with Gasteiger partial charge in [-0.25, -0.2) is 4.98 Å². The van der Waals surface area contributed by atoms with E-state index in [-0.39, 0.29) is 5.65 Å². The molecule has 2 aromatic heterocycles. The van der Waals surface area contributed by atoms with E-state index >= 15 is 0 Å². The molecule has 0 radical (unpaired) electrons. The maximum absolute atomic E-state index is 12.8. The average Bonchev–Trinajstić information content (AvgIpc) is 2.92. The summed E-state index contributed by atoms with van der Waals surface area (Å²) in [7, 11) is 0. The van der Waals surface area contributed by atoms with E-state index in [1.807, 2.05) is 6.08 Å². The normalized spacial score (nSPS) is 14.1. The number of nitrogens with zero attached hydrogens (tertiary/aromatic N) is 3. The number of alkyl halides is 3. The van der Waals surface area contributed by atoms with Gasteiger partial charge in [0.2, 0.25) is 0 Å². The molecule has 3 nitrogen and oxygen atoms in total. The van der Waals surface area contributed by atoms with E-state index in [2.05, 4.69) is 16.9 Å². The Morgan fingerprint density at radius 3 is 2.79 bits per heavy atom. The maximum Gasteiger partial charge on any atom is 0.416 e. The summed E-state index contributed by atoms with van der Waals surface area (Å²) in [6, 6.07) is 2.02. The van der Waals surface area contributed by atoms with Gasteiger partial charge >= 0.3 is 6.18 Å². The van der Waals surface area contributed by atoms with Crippen LogP contribution in [0.25, 0.3) is 5.65 Å². The molecule has 0 bridgehead atoms. The van der Waals surface area contributed by atoms with Gasteiger partial charge in [-0.2, -0.15) is 13.2 Å². The van der Waals surface area contributed by atoms with Crippen LogP contribution >= 0.6 is 11.6 Å². The Hall–Kier alpha value is -2.08. The number of hydrogen-bond donors (Lipinski definition) is 0. The van der Waals surface area contributed by atoms with E-state index in [4.69, 9.17) is 11.6 Å². The molecule has 0 N–H and O–H groups in total. The van der Waals surface area contributed by atoms with E-state index in [9.17, 15) is 13.2 Å². The monoisotopic (exact) mass is 355 g/mol. The second-order valence-corrected chi connectivity index (χ2v) is 5.80. The Bertz CT molecular complexity index is 797. The first kappa shape index (κ1) is 18.3. The fourth-order valence-electron chi connectivity index (χ4n) is 2.09. The van der Waals surface area contributed by atoms with Crippen LogP contribution in [-0.2, 0) is 6.18 Å². The molecule has 0 aromatic carbocycles. The van der Waals surface area contributed by atoms with E-state index in [1.165, 1.54) is 12.4 Å². The Balaban J connectivity index is 2.49. The molecule has 0 atom stereocenters. The standard InChI is InChI=1S/C17H17ClF3N3/c1-3-4-5-7-22-14(9-12(2)18)15-11-23-16-10-13(17(19,20)21)6-8-24(15)16/h5-11H,3-4H2,1-2H3/b7-5+,12-9+,22-14-. The lowest BCUT2D eigenvalue weighted by molar-refractivity contribution is -0.137. The Kier molecular flexibility index (Phi) is 5.83. The van der Waals surface area contributed by atoms with Crippen molar-refractivity contribution < 1.29 is 13.2 Å². The number of halogens is 4. The summed E-state index contributed by atoms with van der Waals surface area (Å²) in [5.74, 6) is 0. The number of allylic oxidation sites excluding steroid dienone is 3. The highest BCUT2D eigenvalue weighted by molar-refractivity contribution is 6.31. The molecule has 0 unspecified atom stereocenters. The fraction of sp³-hybridized carbons (Fsp3) is 0.294. The van der Waals surface area contributed by atoms with Crippen LogP contribution in [0, 0.1) is 0 Å². The number of rotatable bonds is 5. The van der Waals surface area contributed by atoms with E-state index in [0.29, 0.717) is 16.4 Å². The smallest absolute Gasteiger partial charge is 0.298 e. The highest BCUT2D eigenvalue weighted by Crippen LogP contribution is 2.29. The molecule has 0 spiro atoms. The highest BCUT2D eigenvalue weighted by Gasteiger charge is 2.31. The van der Waals surface area contributed by atoms with Crippen LogP contribution in [0.4, 0.5) is 13.2 Å². The minimum atomic E-state index is -4.40. The zero-order valence-electron chi connectivity index (χ0n) is 13.3. The first-order valence-corrected chi connectivity index (χ1v) is 7.82. The molecule has 128 valence electrons. The summed E-state index contributed by atoms with van der Waals surface area (Å²) in [5, 5.41) is 0.513. The van der Waals surface area contributed by atoms with E-state index in [0.717, 1.165) is 25.0 Å². The molecular weight excluding hydrogens is 339 g/mol. The van der Waals surface area contributed by atoms with Crippen molar-refractivity contribution in [1.29, 1.82) is 0 Å². The van der Waals surface area contributed by atoms with Crippen LogP contribution in [0.2, 0.25) is 0 Å². The molecule has 0 amide bonds. The molecule has 7 heteroatoms. The Morgan fingerprint density at radius 1 is 1.42 bits per heavy atom. The maximum atomic E-state index is 12.8. The predicted octanol–water partition coefficient (Wildman–Crippen LogP) is 5.60. The molecule has 0 aliphatic heterocycles. The Morgan fingerprint density at radius 2 is 2.17 bits per heavy atom. The van der Waals surface area contributed by atoms with Gasteiger partial charge < -0.3 is 0 Å². The van der Waals surface area contributed by atoms with Gasteiger partial charge in [-0.3, -0.25) is 9.39 Å². The third-order valence-electron chi connectivity index (χ3n) is 3.21. The fourth-order valence-corrected chi connectivity index (χ4v) is 2.19. The average molecular weight is 356 g/mol. The van der Waals surface area contributed by atoms with Crippen molar-refractivity contribution in [2.45, 2.75) is 32.9 Å². The minimum Gasteiger partial charge on any atom is -0.298 e. The summed E-state index contributed by atoms with van der Waals surface area (Å²) in [5.41, 5.74) is 0.560. The van der Waals surface area contributed by atoms with Crippen molar-refractivity contribution in [2.75, 3.05) is 0 Å². The van der Waals surface area contributed by atoms with Crippen molar-refractivity contribution in [3.8, 4) is 0 Å². The van der Waals surface area contributed by atoms with Crippen LogP contribution in [0.15, 0.2) is 52.9 Å². The molecule has 24 heavy (non-hydrogen) atoms. The van der Waals surface area contributed by atoms with Crippen molar-refractivity contribution in [3.63, 3.8) is 0 Å². The second-order valence-electron chi connectivity index (χ2n) is 5.20. The summed E-state index contributed by atoms with van der Waals surface area (Å²) >= 11 is 5.94. The largest absolute Gasteiger partial charge is 0.416 e. The van der Waals surface area contributed by atoms with Crippen LogP contribution in [0.5, 0.6) is 0 Å². The van der Waals surface area contributed by atoms with Gasteiger partial charge in [-0.15, -0.1) is 0 Å². The third-order valence-corrected chi connectivity index (χ3v) is 3.32. The van der Waals surface area contributed by atoms with E-state index < -0.39 is 11.7 Å². The van der Waals surface area contributed by atoms with Crippen LogP contribution in [0.3, 0.4) is 0 Å². The minimum absolute atomic E-state index is 0.200. The summed E-state index contributed by atoms with van der Waals surface area (Å²) in [4.78, 5) is 8.41. The number of aromatic nitrogens is 2. The molecule has 0 aliphatic carbocycles. The molecule has 0 saturated carbocycles. The lowest BCUT2D eigenvalue weighted by Crippen LogP contribution is -2.07. The number of aliphatic imine (C=N–C) groups is 1. The molecule has 0 aliphatic rings. The predicted molar refractivity (Wildman–Crippen MR) is 90.4 cm³/mol. The quantitative estimate of drug-likeness (QED) is 0.642. The topological polar surface area (TPSA) is 29.7 Å². The second kappa shape index (κ2) is 7.66. The molecule has 2 heterocycles. The molecule has 0 fully saturated rings.